The number of nitrogens with one attached hydrogen (secondary N) is 1. The minimum atomic E-state index is -0.687. The number of methoxy groups -OCH3 is 1. The van der Waals surface area contributed by atoms with Crippen LogP contribution in [0.2, 0.25) is 0 Å². The smallest absolute Gasteiger partial charge is 0.312 e. The fourth-order valence-corrected chi connectivity index (χ4v) is 3.19. The Morgan fingerprint density at radius 1 is 1.13 bits per heavy atom. The van der Waals surface area contributed by atoms with Crippen LogP contribution in [0.3, 0.4) is 0 Å². The van der Waals surface area contributed by atoms with E-state index in [1.165, 1.54) is 7.11 Å². The van der Waals surface area contributed by atoms with Gasteiger partial charge in [-0.05, 0) is 37.1 Å². The Morgan fingerprint density at radius 2 is 1.87 bits per heavy atom. The average Bonchev–Trinajstić information content (AvgIpc) is 3.02. The van der Waals surface area contributed by atoms with Crippen LogP contribution in [0.25, 0.3) is 10.9 Å². The first-order valence-electron chi connectivity index (χ1n) is 7.60. The van der Waals surface area contributed by atoms with E-state index in [4.69, 9.17) is 4.74 Å². The number of carbonyl (C=O) groups is 1. The largest absolute Gasteiger partial charge is 0.469 e. The van der Waals surface area contributed by atoms with Crippen molar-refractivity contribution in [3.05, 3.63) is 65.9 Å². The van der Waals surface area contributed by atoms with E-state index in [9.17, 15) is 4.79 Å². The van der Waals surface area contributed by atoms with Crippen LogP contribution in [-0.4, -0.2) is 23.3 Å². The lowest BCUT2D eigenvalue weighted by molar-refractivity contribution is -0.151. The third-order valence-electron chi connectivity index (χ3n) is 4.36. The van der Waals surface area contributed by atoms with Crippen molar-refractivity contribution in [3.63, 3.8) is 0 Å². The number of aromatic nitrogens is 2. The minimum Gasteiger partial charge on any atom is -0.469 e. The maximum Gasteiger partial charge on any atom is 0.312 e. The fourth-order valence-electron chi connectivity index (χ4n) is 3.19. The number of H-pyrrole nitrogens is 1. The van der Waals surface area contributed by atoms with Crippen LogP contribution in [0.15, 0.2) is 54.7 Å². The van der Waals surface area contributed by atoms with Gasteiger partial charge in [0, 0.05) is 11.3 Å². The third-order valence-corrected chi connectivity index (χ3v) is 4.36. The van der Waals surface area contributed by atoms with Crippen molar-refractivity contribution in [3.8, 4) is 0 Å². The summed E-state index contributed by atoms with van der Waals surface area (Å²) in [6.45, 7) is 3.85. The highest BCUT2D eigenvalue weighted by Crippen LogP contribution is 2.42. The molecule has 0 saturated heterocycles. The lowest BCUT2D eigenvalue weighted by Gasteiger charge is -2.32. The lowest BCUT2D eigenvalue weighted by Crippen LogP contribution is -2.33. The molecule has 0 spiro atoms. The molecule has 2 aromatic carbocycles. The number of aromatic amines is 1. The zero-order valence-corrected chi connectivity index (χ0v) is 13.5. The highest BCUT2D eigenvalue weighted by molar-refractivity contribution is 5.81. The molecular formula is C19H20N2O2. The van der Waals surface area contributed by atoms with Crippen LogP contribution in [0.4, 0.5) is 0 Å². The summed E-state index contributed by atoms with van der Waals surface area (Å²) in [5.41, 5.74) is 2.45. The summed E-state index contributed by atoms with van der Waals surface area (Å²) >= 11 is 0. The molecule has 0 amide bonds. The summed E-state index contributed by atoms with van der Waals surface area (Å²) in [6.07, 6.45) is 1.80. The van der Waals surface area contributed by atoms with Crippen LogP contribution in [0.5, 0.6) is 0 Å². The van der Waals surface area contributed by atoms with Gasteiger partial charge in [0.2, 0.25) is 0 Å². The van der Waals surface area contributed by atoms with Gasteiger partial charge in [0.05, 0.1) is 24.2 Å². The molecule has 0 saturated carbocycles. The second-order valence-electron chi connectivity index (χ2n) is 6.27. The van der Waals surface area contributed by atoms with Gasteiger partial charge in [-0.25, -0.2) is 0 Å². The van der Waals surface area contributed by atoms with E-state index in [1.54, 1.807) is 6.20 Å². The first kappa shape index (κ1) is 15.3. The van der Waals surface area contributed by atoms with Crippen molar-refractivity contribution in [2.24, 2.45) is 5.41 Å². The van der Waals surface area contributed by atoms with Crippen LogP contribution in [0.1, 0.15) is 30.9 Å². The summed E-state index contributed by atoms with van der Waals surface area (Å²) in [7, 11) is 1.44. The van der Waals surface area contributed by atoms with Gasteiger partial charge >= 0.3 is 5.97 Å². The number of carbonyl (C=O) groups excluding carboxylic acids is 1. The third kappa shape index (κ3) is 2.72. The Labute approximate surface area is 135 Å². The molecule has 4 heteroatoms. The molecule has 1 atom stereocenters. The Hall–Kier alpha value is -2.62. The van der Waals surface area contributed by atoms with Gasteiger partial charge < -0.3 is 4.74 Å². The molecular weight excluding hydrogens is 288 g/mol. The van der Waals surface area contributed by atoms with Crippen LogP contribution < -0.4 is 0 Å². The van der Waals surface area contributed by atoms with E-state index in [2.05, 4.69) is 28.4 Å². The van der Waals surface area contributed by atoms with Gasteiger partial charge in [0.25, 0.3) is 0 Å². The lowest BCUT2D eigenvalue weighted by atomic mass is 9.71. The predicted octanol–water partition coefficient (Wildman–Crippen LogP) is 3.89. The molecule has 23 heavy (non-hydrogen) atoms. The van der Waals surface area contributed by atoms with E-state index < -0.39 is 5.41 Å². The number of fused-ring (bicyclic) bond motifs is 1. The number of rotatable bonds is 4. The van der Waals surface area contributed by atoms with Gasteiger partial charge in [-0.15, -0.1) is 0 Å². The van der Waals surface area contributed by atoms with Crippen LogP contribution in [0, 0.1) is 5.41 Å². The summed E-state index contributed by atoms with van der Waals surface area (Å²) < 4.78 is 5.05. The Balaban J connectivity index is 2.16. The van der Waals surface area contributed by atoms with Crippen molar-refractivity contribution in [2.75, 3.05) is 7.11 Å². The topological polar surface area (TPSA) is 55.0 Å². The molecule has 0 aliphatic carbocycles. The number of hydrogen-bond donors (Lipinski definition) is 1. The Morgan fingerprint density at radius 3 is 2.57 bits per heavy atom. The maximum atomic E-state index is 12.4. The average molecular weight is 308 g/mol. The Bertz CT molecular complexity index is 822. The monoisotopic (exact) mass is 308 g/mol. The minimum absolute atomic E-state index is 0.101. The molecule has 0 aliphatic heterocycles. The number of esters is 1. The zero-order valence-electron chi connectivity index (χ0n) is 13.5. The second-order valence-corrected chi connectivity index (χ2v) is 6.27. The molecule has 3 aromatic rings. The van der Waals surface area contributed by atoms with Gasteiger partial charge in [0.1, 0.15) is 0 Å². The molecule has 1 heterocycles. The van der Waals surface area contributed by atoms with Crippen LogP contribution >= 0.6 is 0 Å². The maximum absolute atomic E-state index is 12.4. The number of nitrogens with zero attached hydrogens (tertiary/aromatic N) is 1. The summed E-state index contributed by atoms with van der Waals surface area (Å²) in [5.74, 6) is -0.325. The van der Waals surface area contributed by atoms with Crippen molar-refractivity contribution in [1.82, 2.24) is 10.2 Å². The van der Waals surface area contributed by atoms with E-state index in [-0.39, 0.29) is 11.9 Å². The molecule has 0 fully saturated rings. The quantitative estimate of drug-likeness (QED) is 0.744. The normalized spacial score (nSPS) is 13.0. The molecule has 0 aliphatic rings. The highest BCUT2D eigenvalue weighted by atomic mass is 16.5. The first-order chi connectivity index (χ1) is 11.0. The van der Waals surface area contributed by atoms with Gasteiger partial charge in [-0.3, -0.25) is 9.89 Å². The molecule has 1 aromatic heterocycles. The van der Waals surface area contributed by atoms with Gasteiger partial charge in [0.15, 0.2) is 0 Å². The first-order valence-corrected chi connectivity index (χ1v) is 7.60. The van der Waals surface area contributed by atoms with E-state index in [0.717, 1.165) is 22.0 Å². The number of ether oxygens (including phenoxy) is 1. The fraction of sp³-hybridized carbons (Fsp3) is 0.263. The molecule has 1 N–H and O–H groups in total. The van der Waals surface area contributed by atoms with E-state index in [1.807, 2.05) is 44.2 Å². The summed E-state index contributed by atoms with van der Waals surface area (Å²) in [6, 6.07) is 16.2. The van der Waals surface area contributed by atoms with Gasteiger partial charge in [-0.1, -0.05) is 36.4 Å². The zero-order chi connectivity index (χ0) is 16.4. The molecule has 0 unspecified atom stereocenters. The molecule has 3 rings (SSSR count). The van der Waals surface area contributed by atoms with E-state index in [0.29, 0.717) is 0 Å². The molecule has 0 bridgehead atoms. The second kappa shape index (κ2) is 5.88. The van der Waals surface area contributed by atoms with Crippen molar-refractivity contribution < 1.29 is 9.53 Å². The number of hydrogen-bond acceptors (Lipinski definition) is 3. The van der Waals surface area contributed by atoms with Crippen molar-refractivity contribution in [2.45, 2.75) is 19.8 Å². The van der Waals surface area contributed by atoms with Crippen LogP contribution in [-0.2, 0) is 9.53 Å². The van der Waals surface area contributed by atoms with Gasteiger partial charge in [-0.2, -0.15) is 5.10 Å². The molecule has 0 radical (unpaired) electrons. The molecule has 118 valence electrons. The predicted molar refractivity (Wildman–Crippen MR) is 90.2 cm³/mol. The van der Waals surface area contributed by atoms with Crippen molar-refractivity contribution in [1.29, 1.82) is 0 Å². The highest BCUT2D eigenvalue weighted by Gasteiger charge is 2.39. The Kier molecular flexibility index (Phi) is 3.90. The van der Waals surface area contributed by atoms with E-state index >= 15 is 0 Å². The standard InChI is InChI=1S/C19H20N2O2/c1-19(2,18(22)23-3)17(13-7-5-4-6-8-13)14-9-10-16-15(11-14)12-20-21-16/h4-12,17H,1-3H3,(H,20,21)/t17-/m0/s1. The summed E-state index contributed by atoms with van der Waals surface area (Å²) in [5, 5.41) is 8.06. The summed E-state index contributed by atoms with van der Waals surface area (Å²) in [4.78, 5) is 12.4. The number of benzene rings is 2. The SMILES string of the molecule is COC(=O)C(C)(C)[C@@H](c1ccccc1)c1ccc2[nH]ncc2c1. The molecule has 4 nitrogen and oxygen atoms in total. The van der Waals surface area contributed by atoms with Crippen molar-refractivity contribution >= 4 is 16.9 Å².